The second-order valence-electron chi connectivity index (χ2n) is 10.0. The predicted octanol–water partition coefficient (Wildman–Crippen LogP) is 4.27. The highest BCUT2D eigenvalue weighted by molar-refractivity contribution is 5.93. The fourth-order valence-corrected chi connectivity index (χ4v) is 7.70. The van der Waals surface area contributed by atoms with E-state index < -0.39 is 0 Å². The van der Waals surface area contributed by atoms with Crippen LogP contribution >= 0.6 is 0 Å². The van der Waals surface area contributed by atoms with Crippen LogP contribution < -0.4 is 0 Å². The number of rotatable bonds is 3. The SMILES string of the molecule is C[C@]12C[C@H](CCCO)C3=C4CCC(=O)C=C4CC[C@H]3[C@@H]1CC[C@@]21CCC(=O)O1. The minimum Gasteiger partial charge on any atom is -0.458 e. The molecule has 0 radical (unpaired) electrons. The zero-order chi connectivity index (χ0) is 19.5. The summed E-state index contributed by atoms with van der Waals surface area (Å²) in [4.78, 5) is 24.1. The van der Waals surface area contributed by atoms with Gasteiger partial charge in [-0.25, -0.2) is 0 Å². The Labute approximate surface area is 167 Å². The van der Waals surface area contributed by atoms with Gasteiger partial charge in [-0.15, -0.1) is 0 Å². The van der Waals surface area contributed by atoms with E-state index in [2.05, 4.69) is 6.92 Å². The highest BCUT2D eigenvalue weighted by atomic mass is 16.6. The lowest BCUT2D eigenvalue weighted by atomic mass is 9.51. The number of carbonyl (C=O) groups is 2. The molecule has 0 aromatic heterocycles. The number of carbonyl (C=O) groups excluding carboxylic acids is 2. The minimum absolute atomic E-state index is 0.0161. The van der Waals surface area contributed by atoms with E-state index >= 15 is 0 Å². The quantitative estimate of drug-likeness (QED) is 0.738. The molecule has 4 aliphatic carbocycles. The molecule has 1 heterocycles. The summed E-state index contributed by atoms with van der Waals surface area (Å²) < 4.78 is 6.08. The molecule has 5 aliphatic rings. The topological polar surface area (TPSA) is 63.6 Å². The number of hydrogen-bond donors (Lipinski definition) is 1. The van der Waals surface area contributed by atoms with Gasteiger partial charge in [0, 0.05) is 24.9 Å². The summed E-state index contributed by atoms with van der Waals surface area (Å²) in [6, 6.07) is 0. The molecule has 1 saturated heterocycles. The molecule has 152 valence electrons. The van der Waals surface area contributed by atoms with Gasteiger partial charge in [0.2, 0.25) is 0 Å². The standard InChI is InChI=1S/C24H32O4/c1-23-14-16(3-2-12-25)22-18-7-5-17(26)13-15(18)4-6-19(22)20(23)8-10-24(23)11-9-21(27)28-24/h13,16,19-20,25H,2-12,14H2,1H3/t16-,19-,20-,23-,24+/m0/s1. The first kappa shape index (κ1) is 18.6. The zero-order valence-corrected chi connectivity index (χ0v) is 17.0. The van der Waals surface area contributed by atoms with Crippen LogP contribution in [0.1, 0.15) is 77.6 Å². The van der Waals surface area contributed by atoms with Gasteiger partial charge in [-0.2, -0.15) is 0 Å². The van der Waals surface area contributed by atoms with E-state index in [0.717, 1.165) is 57.8 Å². The Morgan fingerprint density at radius 3 is 2.75 bits per heavy atom. The number of esters is 1. The zero-order valence-electron chi connectivity index (χ0n) is 17.0. The number of aliphatic hydroxyl groups is 1. The fourth-order valence-electron chi connectivity index (χ4n) is 7.70. The summed E-state index contributed by atoms with van der Waals surface area (Å²) in [6.45, 7) is 2.62. The molecule has 1 aliphatic heterocycles. The Kier molecular flexibility index (Phi) is 4.35. The molecular formula is C24H32O4. The number of ketones is 1. The highest BCUT2D eigenvalue weighted by Crippen LogP contribution is 2.68. The first-order chi connectivity index (χ1) is 13.5. The molecule has 0 amide bonds. The molecule has 4 nitrogen and oxygen atoms in total. The van der Waals surface area contributed by atoms with Crippen molar-refractivity contribution >= 4 is 11.8 Å². The number of ether oxygens (including phenoxy) is 1. The fraction of sp³-hybridized carbons (Fsp3) is 0.750. The molecule has 5 atom stereocenters. The van der Waals surface area contributed by atoms with Gasteiger partial charge in [0.1, 0.15) is 5.60 Å². The summed E-state index contributed by atoms with van der Waals surface area (Å²) in [7, 11) is 0. The Morgan fingerprint density at radius 1 is 1.14 bits per heavy atom. The van der Waals surface area contributed by atoms with Crippen LogP contribution in [0.15, 0.2) is 22.8 Å². The minimum atomic E-state index is -0.263. The lowest BCUT2D eigenvalue weighted by Crippen LogP contribution is -2.52. The molecule has 0 unspecified atom stereocenters. The van der Waals surface area contributed by atoms with Crippen LogP contribution in [-0.4, -0.2) is 29.1 Å². The molecule has 1 N–H and O–H groups in total. The van der Waals surface area contributed by atoms with Gasteiger partial charge in [-0.3, -0.25) is 9.59 Å². The average Bonchev–Trinajstić information content (AvgIpc) is 3.19. The lowest BCUT2D eigenvalue weighted by Gasteiger charge is -2.54. The van der Waals surface area contributed by atoms with Gasteiger partial charge < -0.3 is 9.84 Å². The van der Waals surface area contributed by atoms with Gasteiger partial charge >= 0.3 is 5.97 Å². The Hall–Kier alpha value is -1.42. The van der Waals surface area contributed by atoms with Gasteiger partial charge in [0.05, 0.1) is 0 Å². The van der Waals surface area contributed by atoms with E-state index in [1.54, 1.807) is 5.57 Å². The summed E-state index contributed by atoms with van der Waals surface area (Å²) in [5.41, 5.74) is 4.16. The van der Waals surface area contributed by atoms with E-state index in [4.69, 9.17) is 4.74 Å². The van der Waals surface area contributed by atoms with E-state index in [9.17, 15) is 14.7 Å². The molecule has 3 fully saturated rings. The van der Waals surface area contributed by atoms with Crippen molar-refractivity contribution in [1.82, 2.24) is 0 Å². The molecule has 28 heavy (non-hydrogen) atoms. The molecule has 1 spiro atoms. The lowest BCUT2D eigenvalue weighted by molar-refractivity contribution is -0.163. The molecule has 5 rings (SSSR count). The summed E-state index contributed by atoms with van der Waals surface area (Å²) in [5.74, 6) is 1.84. The number of hydrogen-bond acceptors (Lipinski definition) is 4. The van der Waals surface area contributed by atoms with Crippen molar-refractivity contribution in [2.45, 2.75) is 83.2 Å². The normalized spacial score (nSPS) is 42.2. The number of aliphatic hydroxyl groups excluding tert-OH is 1. The molecule has 0 aromatic carbocycles. The van der Waals surface area contributed by atoms with Crippen LogP contribution in [0, 0.1) is 23.2 Å². The largest absolute Gasteiger partial charge is 0.458 e. The Bertz CT molecular complexity index is 777. The van der Waals surface area contributed by atoms with Crippen molar-refractivity contribution < 1.29 is 19.4 Å². The van der Waals surface area contributed by atoms with Crippen molar-refractivity contribution in [3.63, 3.8) is 0 Å². The monoisotopic (exact) mass is 384 g/mol. The second kappa shape index (κ2) is 6.55. The third-order valence-electron chi connectivity index (χ3n) is 8.88. The first-order valence-corrected chi connectivity index (χ1v) is 11.3. The van der Waals surface area contributed by atoms with E-state index in [1.165, 1.54) is 11.1 Å². The number of allylic oxidation sites excluding steroid dienone is 4. The highest BCUT2D eigenvalue weighted by Gasteiger charge is 2.66. The van der Waals surface area contributed by atoms with Crippen LogP contribution in [0.2, 0.25) is 0 Å². The van der Waals surface area contributed by atoms with Gasteiger partial charge in [-0.05, 0) is 92.8 Å². The molecule has 4 heteroatoms. The third kappa shape index (κ3) is 2.52. The van der Waals surface area contributed by atoms with Crippen molar-refractivity contribution in [1.29, 1.82) is 0 Å². The summed E-state index contributed by atoms with van der Waals surface area (Å²) in [5, 5.41) is 9.51. The molecule has 0 aromatic rings. The second-order valence-corrected chi connectivity index (χ2v) is 10.0. The summed E-state index contributed by atoms with van der Waals surface area (Å²) >= 11 is 0. The smallest absolute Gasteiger partial charge is 0.306 e. The van der Waals surface area contributed by atoms with Gasteiger partial charge in [0.25, 0.3) is 0 Å². The van der Waals surface area contributed by atoms with Crippen molar-refractivity contribution in [3.8, 4) is 0 Å². The number of fused-ring (bicyclic) bond motifs is 5. The van der Waals surface area contributed by atoms with E-state index in [0.29, 0.717) is 30.6 Å². The van der Waals surface area contributed by atoms with E-state index in [-0.39, 0.29) is 29.4 Å². The first-order valence-electron chi connectivity index (χ1n) is 11.3. The third-order valence-corrected chi connectivity index (χ3v) is 8.88. The molecule has 2 saturated carbocycles. The Morgan fingerprint density at radius 2 is 2.00 bits per heavy atom. The average molecular weight is 385 g/mol. The molecular weight excluding hydrogens is 352 g/mol. The van der Waals surface area contributed by atoms with Crippen LogP contribution in [0.5, 0.6) is 0 Å². The maximum absolute atomic E-state index is 12.1. The van der Waals surface area contributed by atoms with Crippen molar-refractivity contribution in [2.75, 3.05) is 6.61 Å². The van der Waals surface area contributed by atoms with Crippen LogP contribution in [0.25, 0.3) is 0 Å². The maximum atomic E-state index is 12.1. The van der Waals surface area contributed by atoms with Crippen LogP contribution in [0.3, 0.4) is 0 Å². The van der Waals surface area contributed by atoms with Crippen molar-refractivity contribution in [2.24, 2.45) is 23.2 Å². The van der Waals surface area contributed by atoms with Crippen molar-refractivity contribution in [3.05, 3.63) is 22.8 Å². The van der Waals surface area contributed by atoms with E-state index in [1.807, 2.05) is 6.08 Å². The Balaban J connectivity index is 1.58. The predicted molar refractivity (Wildman–Crippen MR) is 105 cm³/mol. The molecule has 0 bridgehead atoms. The van der Waals surface area contributed by atoms with Gasteiger partial charge in [0.15, 0.2) is 5.78 Å². The van der Waals surface area contributed by atoms with Gasteiger partial charge in [-0.1, -0.05) is 12.5 Å². The summed E-state index contributed by atoms with van der Waals surface area (Å²) in [6.07, 6.45) is 12.1. The van der Waals surface area contributed by atoms with Crippen LogP contribution in [-0.2, 0) is 14.3 Å². The van der Waals surface area contributed by atoms with Crippen LogP contribution in [0.4, 0.5) is 0 Å². The maximum Gasteiger partial charge on any atom is 0.306 e.